The second kappa shape index (κ2) is 9.59. The van der Waals surface area contributed by atoms with Crippen molar-refractivity contribution in [2.75, 3.05) is 31.5 Å². The van der Waals surface area contributed by atoms with Gasteiger partial charge in [-0.05, 0) is 69.6 Å². The molecule has 1 heterocycles. The average Bonchev–Trinajstić information content (AvgIpc) is 2.68. The topological polar surface area (TPSA) is 44.4 Å². The van der Waals surface area contributed by atoms with Gasteiger partial charge in [0.25, 0.3) is 5.91 Å². The summed E-state index contributed by atoms with van der Waals surface area (Å²) in [6.07, 6.45) is 3.75. The highest BCUT2D eigenvalue weighted by atomic mass is 35.5. The van der Waals surface area contributed by atoms with E-state index in [4.69, 9.17) is 11.6 Å². The number of nitrogens with zero attached hydrogens (tertiary/aromatic N) is 1. The van der Waals surface area contributed by atoms with Gasteiger partial charge < -0.3 is 15.5 Å². The summed E-state index contributed by atoms with van der Waals surface area (Å²) in [4.78, 5) is 15.4. The van der Waals surface area contributed by atoms with Crippen molar-refractivity contribution in [1.29, 1.82) is 0 Å². The summed E-state index contributed by atoms with van der Waals surface area (Å²) in [5, 5.41) is 6.80. The van der Waals surface area contributed by atoms with Crippen LogP contribution in [0.15, 0.2) is 42.5 Å². The summed E-state index contributed by atoms with van der Waals surface area (Å²) in [7, 11) is 0. The molecule has 1 saturated heterocycles. The van der Waals surface area contributed by atoms with E-state index in [1.807, 2.05) is 26.0 Å². The number of likely N-dealkylation sites (tertiary alicyclic amines) is 1. The monoisotopic (exact) mass is 417 g/mol. The Morgan fingerprint density at radius 2 is 1.86 bits per heavy atom. The van der Waals surface area contributed by atoms with Gasteiger partial charge in [0.2, 0.25) is 0 Å². The summed E-state index contributed by atoms with van der Waals surface area (Å²) >= 11 is 6.09. The van der Waals surface area contributed by atoms with E-state index in [1.165, 1.54) is 25.3 Å². The minimum Gasteiger partial charge on any atom is -0.383 e. The maximum Gasteiger partial charge on any atom is 0.257 e. The number of rotatable bonds is 7. The number of halogens is 2. The summed E-state index contributed by atoms with van der Waals surface area (Å²) in [5.41, 5.74) is 0.715. The highest BCUT2D eigenvalue weighted by Gasteiger charge is 2.26. The minimum atomic E-state index is -0.699. The molecule has 2 aromatic rings. The van der Waals surface area contributed by atoms with Crippen LogP contribution in [0.25, 0.3) is 0 Å². The first-order valence-electron chi connectivity index (χ1n) is 10.2. The maximum absolute atomic E-state index is 14.6. The van der Waals surface area contributed by atoms with E-state index in [0.717, 1.165) is 25.2 Å². The molecule has 0 aliphatic carbocycles. The first-order chi connectivity index (χ1) is 13.9. The Hall–Kier alpha value is -2.11. The molecule has 1 aliphatic heterocycles. The Balaban J connectivity index is 1.70. The molecular formula is C23H29ClFN3O. The molecule has 1 fully saturated rings. The van der Waals surface area contributed by atoms with Gasteiger partial charge in [0, 0.05) is 23.8 Å². The number of piperidine rings is 1. The second-order valence-corrected chi connectivity index (χ2v) is 8.52. The van der Waals surface area contributed by atoms with Gasteiger partial charge >= 0.3 is 0 Å². The van der Waals surface area contributed by atoms with Gasteiger partial charge in [-0.3, -0.25) is 4.79 Å². The van der Waals surface area contributed by atoms with Crippen LogP contribution >= 0.6 is 11.6 Å². The molecule has 1 aliphatic rings. The molecule has 0 saturated carbocycles. The fourth-order valence-corrected chi connectivity index (χ4v) is 3.92. The number of hydrogen-bond donors (Lipinski definition) is 2. The zero-order valence-corrected chi connectivity index (χ0v) is 17.9. The molecule has 4 nitrogen and oxygen atoms in total. The van der Waals surface area contributed by atoms with Crippen LogP contribution in [0.3, 0.4) is 0 Å². The van der Waals surface area contributed by atoms with Gasteiger partial charge in [0.05, 0.1) is 11.1 Å². The Labute approximate surface area is 177 Å². The molecule has 1 amide bonds. The molecule has 0 radical (unpaired) electrons. The summed E-state index contributed by atoms with van der Waals surface area (Å²) in [6, 6.07) is 12.0. The molecule has 3 rings (SSSR count). The number of benzene rings is 2. The van der Waals surface area contributed by atoms with Crippen LogP contribution < -0.4 is 10.6 Å². The molecule has 0 atom stereocenters. The van der Waals surface area contributed by atoms with Gasteiger partial charge in [-0.15, -0.1) is 0 Å². The molecule has 0 aromatic heterocycles. The van der Waals surface area contributed by atoms with Crippen molar-refractivity contribution < 1.29 is 9.18 Å². The number of carbonyl (C=O) groups is 1. The fourth-order valence-electron chi connectivity index (χ4n) is 3.73. The van der Waals surface area contributed by atoms with Crippen molar-refractivity contribution in [3.05, 3.63) is 64.4 Å². The van der Waals surface area contributed by atoms with E-state index >= 15 is 0 Å². The number of anilines is 1. The van der Waals surface area contributed by atoms with E-state index < -0.39 is 17.3 Å². The molecule has 0 unspecified atom stereocenters. The smallest absolute Gasteiger partial charge is 0.257 e. The van der Waals surface area contributed by atoms with E-state index in [2.05, 4.69) is 15.5 Å². The highest BCUT2D eigenvalue weighted by molar-refractivity contribution is 6.30. The largest absolute Gasteiger partial charge is 0.383 e. The number of nitrogens with one attached hydrogen (secondary N) is 2. The van der Waals surface area contributed by atoms with Gasteiger partial charge in [-0.25, -0.2) is 4.39 Å². The number of amides is 1. The van der Waals surface area contributed by atoms with Crippen LogP contribution in [0.4, 0.5) is 10.1 Å². The van der Waals surface area contributed by atoms with Gasteiger partial charge in [0.1, 0.15) is 5.82 Å². The van der Waals surface area contributed by atoms with E-state index in [9.17, 15) is 9.18 Å². The second-order valence-electron chi connectivity index (χ2n) is 8.08. The Bertz CT molecular complexity index is 850. The molecule has 29 heavy (non-hydrogen) atoms. The lowest BCUT2D eigenvalue weighted by Crippen LogP contribution is -2.41. The molecule has 6 heteroatoms. The summed E-state index contributed by atoms with van der Waals surface area (Å²) in [6.45, 7) is 7.51. The van der Waals surface area contributed by atoms with Crippen molar-refractivity contribution in [1.82, 2.24) is 10.2 Å². The van der Waals surface area contributed by atoms with Crippen molar-refractivity contribution in [3.63, 3.8) is 0 Å². The SMILES string of the molecule is CC(C)(NC(=O)c1c(F)cccc1NCCN1CCCCC1)c1cccc(Cl)c1. The third kappa shape index (κ3) is 5.71. The predicted octanol–water partition coefficient (Wildman–Crippen LogP) is 5.04. The molecule has 0 spiro atoms. The van der Waals surface area contributed by atoms with Crippen LogP contribution in [0, 0.1) is 5.82 Å². The first-order valence-corrected chi connectivity index (χ1v) is 10.6. The number of carbonyl (C=O) groups excluding carboxylic acids is 1. The molecule has 156 valence electrons. The first kappa shape index (κ1) is 21.6. The maximum atomic E-state index is 14.6. The van der Waals surface area contributed by atoms with Crippen molar-refractivity contribution >= 4 is 23.2 Å². The average molecular weight is 418 g/mol. The van der Waals surface area contributed by atoms with Crippen LogP contribution in [0.2, 0.25) is 5.02 Å². The van der Waals surface area contributed by atoms with E-state index in [-0.39, 0.29) is 5.56 Å². The fraction of sp³-hybridized carbons (Fsp3) is 0.435. The lowest BCUT2D eigenvalue weighted by atomic mass is 9.93. The van der Waals surface area contributed by atoms with E-state index in [0.29, 0.717) is 17.3 Å². The quantitative estimate of drug-likeness (QED) is 0.663. The zero-order valence-electron chi connectivity index (χ0n) is 17.1. The Kier molecular flexibility index (Phi) is 7.14. The molecule has 0 bridgehead atoms. The lowest BCUT2D eigenvalue weighted by molar-refractivity contribution is 0.0909. The Morgan fingerprint density at radius 3 is 2.59 bits per heavy atom. The van der Waals surface area contributed by atoms with Gasteiger partial charge in [-0.2, -0.15) is 0 Å². The van der Waals surface area contributed by atoms with Crippen LogP contribution in [0.5, 0.6) is 0 Å². The predicted molar refractivity (Wildman–Crippen MR) is 117 cm³/mol. The van der Waals surface area contributed by atoms with Crippen molar-refractivity contribution in [2.24, 2.45) is 0 Å². The molecular weight excluding hydrogens is 389 g/mol. The van der Waals surface area contributed by atoms with Crippen LogP contribution in [0.1, 0.15) is 49.0 Å². The highest BCUT2D eigenvalue weighted by Crippen LogP contribution is 2.26. The van der Waals surface area contributed by atoms with Gasteiger partial charge in [-0.1, -0.05) is 36.2 Å². The normalized spacial score (nSPS) is 15.2. The summed E-state index contributed by atoms with van der Waals surface area (Å²) < 4.78 is 14.6. The lowest BCUT2D eigenvalue weighted by Gasteiger charge is -2.28. The van der Waals surface area contributed by atoms with Crippen molar-refractivity contribution in [3.8, 4) is 0 Å². The van der Waals surface area contributed by atoms with Crippen LogP contribution in [-0.4, -0.2) is 37.0 Å². The van der Waals surface area contributed by atoms with E-state index in [1.54, 1.807) is 24.3 Å². The van der Waals surface area contributed by atoms with Crippen LogP contribution in [-0.2, 0) is 5.54 Å². The third-order valence-electron chi connectivity index (χ3n) is 5.41. The Morgan fingerprint density at radius 1 is 1.14 bits per heavy atom. The molecule has 2 aromatic carbocycles. The van der Waals surface area contributed by atoms with Crippen molar-refractivity contribution in [2.45, 2.75) is 38.6 Å². The minimum absolute atomic E-state index is 0.0428. The van der Waals surface area contributed by atoms with Gasteiger partial charge in [0.15, 0.2) is 0 Å². The third-order valence-corrected chi connectivity index (χ3v) is 5.64. The summed E-state index contributed by atoms with van der Waals surface area (Å²) in [5.74, 6) is -0.985. The molecule has 2 N–H and O–H groups in total. The number of hydrogen-bond acceptors (Lipinski definition) is 3. The zero-order chi connectivity index (χ0) is 20.9. The standard InChI is InChI=1S/C23H29ClFN3O/c1-23(2,17-8-6-9-18(24)16-17)27-22(29)21-19(25)10-7-11-20(21)26-12-15-28-13-4-3-5-14-28/h6-11,16,26H,3-5,12-15H2,1-2H3,(H,27,29).